The van der Waals surface area contributed by atoms with E-state index >= 15 is 0 Å². The highest BCUT2D eigenvalue weighted by atomic mass is 14.6. The number of rotatable bonds is 3. The van der Waals surface area contributed by atoms with Gasteiger partial charge in [0, 0.05) is 6.04 Å². The number of benzene rings is 1. The quantitative estimate of drug-likeness (QED) is 0.773. The average molecular weight is 187 g/mol. The fourth-order valence-electron chi connectivity index (χ4n) is 1.56. The maximum atomic E-state index is 5.64. The summed E-state index contributed by atoms with van der Waals surface area (Å²) in [5, 5.41) is 0. The minimum atomic E-state index is 0.137. The Kier molecular flexibility index (Phi) is 2.69. The van der Waals surface area contributed by atoms with Gasteiger partial charge in [0.1, 0.15) is 0 Å². The van der Waals surface area contributed by atoms with E-state index in [1.807, 2.05) is 13.0 Å². The van der Waals surface area contributed by atoms with Crippen LogP contribution in [0.4, 0.5) is 0 Å². The van der Waals surface area contributed by atoms with Gasteiger partial charge in [-0.2, -0.15) is 0 Å². The molecule has 74 valence electrons. The minimum Gasteiger partial charge on any atom is -0.325 e. The Morgan fingerprint density at radius 3 is 2.43 bits per heavy atom. The van der Waals surface area contributed by atoms with Gasteiger partial charge >= 0.3 is 0 Å². The predicted octanol–water partition coefficient (Wildman–Crippen LogP) is 2.92. The fourth-order valence-corrected chi connectivity index (χ4v) is 1.56. The number of hydrogen-bond acceptors (Lipinski definition) is 1. The van der Waals surface area contributed by atoms with Crippen LogP contribution in [0.5, 0.6) is 0 Å². The molecule has 1 fully saturated rings. The van der Waals surface area contributed by atoms with Crippen LogP contribution in [0.25, 0.3) is 6.08 Å². The second-order valence-electron chi connectivity index (χ2n) is 4.16. The Balaban J connectivity index is 2.05. The van der Waals surface area contributed by atoms with E-state index in [4.69, 9.17) is 5.73 Å². The monoisotopic (exact) mass is 187 g/mol. The van der Waals surface area contributed by atoms with Gasteiger partial charge in [0.15, 0.2) is 0 Å². The molecule has 1 nitrogen and oxygen atoms in total. The van der Waals surface area contributed by atoms with Crippen LogP contribution < -0.4 is 5.73 Å². The Morgan fingerprint density at radius 1 is 1.29 bits per heavy atom. The highest BCUT2D eigenvalue weighted by molar-refractivity contribution is 5.50. The summed E-state index contributed by atoms with van der Waals surface area (Å²) in [6.07, 6.45) is 6.84. The predicted molar refractivity (Wildman–Crippen MR) is 61.1 cm³/mol. The van der Waals surface area contributed by atoms with Crippen LogP contribution in [0.1, 0.15) is 36.8 Å². The van der Waals surface area contributed by atoms with Crippen molar-refractivity contribution < 1.29 is 0 Å². The molecule has 1 saturated carbocycles. The highest BCUT2D eigenvalue weighted by Gasteiger charge is 2.22. The highest BCUT2D eigenvalue weighted by Crippen LogP contribution is 2.39. The van der Waals surface area contributed by atoms with E-state index in [1.54, 1.807) is 0 Å². The molecule has 1 aliphatic rings. The van der Waals surface area contributed by atoms with E-state index in [0.29, 0.717) is 0 Å². The van der Waals surface area contributed by atoms with Gasteiger partial charge in [-0.25, -0.2) is 0 Å². The van der Waals surface area contributed by atoms with Crippen LogP contribution in [0.2, 0.25) is 0 Å². The Labute approximate surface area is 85.6 Å². The summed E-state index contributed by atoms with van der Waals surface area (Å²) >= 11 is 0. The summed E-state index contributed by atoms with van der Waals surface area (Å²) in [5.74, 6) is 0.849. The van der Waals surface area contributed by atoms with Crippen molar-refractivity contribution in [3.63, 3.8) is 0 Å². The first kappa shape index (κ1) is 9.47. The van der Waals surface area contributed by atoms with Crippen molar-refractivity contribution in [3.8, 4) is 0 Å². The molecule has 0 spiro atoms. The number of nitrogens with two attached hydrogens (primary N) is 1. The zero-order valence-corrected chi connectivity index (χ0v) is 8.61. The summed E-state index contributed by atoms with van der Waals surface area (Å²) in [7, 11) is 0. The van der Waals surface area contributed by atoms with Crippen molar-refractivity contribution in [1.29, 1.82) is 0 Å². The Hall–Kier alpha value is -1.08. The molecule has 1 atom stereocenters. The molecule has 1 aromatic rings. The van der Waals surface area contributed by atoms with E-state index in [0.717, 1.165) is 5.92 Å². The van der Waals surface area contributed by atoms with Crippen molar-refractivity contribution in [3.05, 3.63) is 41.5 Å². The molecular weight excluding hydrogens is 170 g/mol. The molecule has 0 aliphatic heterocycles. The van der Waals surface area contributed by atoms with E-state index in [2.05, 4.69) is 30.3 Å². The van der Waals surface area contributed by atoms with Gasteiger partial charge in [0.05, 0.1) is 0 Å². The second kappa shape index (κ2) is 3.97. The third kappa shape index (κ3) is 2.46. The van der Waals surface area contributed by atoms with Crippen LogP contribution in [0.3, 0.4) is 0 Å². The summed E-state index contributed by atoms with van der Waals surface area (Å²) < 4.78 is 0. The smallest absolute Gasteiger partial charge is 0.0198 e. The molecule has 1 aliphatic carbocycles. The molecule has 0 bridgehead atoms. The van der Waals surface area contributed by atoms with Gasteiger partial charge in [-0.15, -0.1) is 0 Å². The lowest BCUT2D eigenvalue weighted by Crippen LogP contribution is -2.09. The third-order valence-electron chi connectivity index (χ3n) is 2.58. The molecule has 2 N–H and O–H groups in total. The summed E-state index contributed by atoms with van der Waals surface area (Å²) in [6.45, 7) is 1.98. The number of hydrogen-bond donors (Lipinski definition) is 1. The topological polar surface area (TPSA) is 26.0 Å². The van der Waals surface area contributed by atoms with Crippen LogP contribution in [-0.2, 0) is 0 Å². The lowest BCUT2D eigenvalue weighted by atomic mass is 10.1. The first-order chi connectivity index (χ1) is 6.75. The third-order valence-corrected chi connectivity index (χ3v) is 2.58. The SMILES string of the molecule is CC(N)/C=C/c1ccc(C2CC2)cc1. The van der Waals surface area contributed by atoms with Crippen LogP contribution >= 0.6 is 0 Å². The molecule has 1 heteroatoms. The van der Waals surface area contributed by atoms with Crippen molar-refractivity contribution >= 4 is 6.08 Å². The largest absolute Gasteiger partial charge is 0.325 e. The first-order valence-electron chi connectivity index (χ1n) is 5.29. The molecule has 1 unspecified atom stereocenters. The van der Waals surface area contributed by atoms with Crippen molar-refractivity contribution in [2.45, 2.75) is 31.7 Å². The van der Waals surface area contributed by atoms with Crippen molar-refractivity contribution in [2.24, 2.45) is 5.73 Å². The van der Waals surface area contributed by atoms with Gasteiger partial charge in [-0.1, -0.05) is 36.4 Å². The summed E-state index contributed by atoms with van der Waals surface area (Å²) in [5.41, 5.74) is 8.37. The van der Waals surface area contributed by atoms with E-state index in [-0.39, 0.29) is 6.04 Å². The average Bonchev–Trinajstić information content (AvgIpc) is 2.99. The van der Waals surface area contributed by atoms with Gasteiger partial charge in [0.2, 0.25) is 0 Å². The zero-order valence-electron chi connectivity index (χ0n) is 8.61. The van der Waals surface area contributed by atoms with Gasteiger partial charge in [-0.3, -0.25) is 0 Å². The maximum absolute atomic E-state index is 5.64. The lowest BCUT2D eigenvalue weighted by molar-refractivity contribution is 0.931. The fraction of sp³-hybridized carbons (Fsp3) is 0.385. The molecule has 14 heavy (non-hydrogen) atoms. The molecule has 0 amide bonds. The molecule has 0 aromatic heterocycles. The van der Waals surface area contributed by atoms with E-state index in [1.165, 1.54) is 24.0 Å². The zero-order chi connectivity index (χ0) is 9.97. The molecule has 1 aromatic carbocycles. The molecular formula is C13H17N. The molecule has 0 radical (unpaired) electrons. The summed E-state index contributed by atoms with van der Waals surface area (Å²) in [6, 6.07) is 8.95. The summed E-state index contributed by atoms with van der Waals surface area (Å²) in [4.78, 5) is 0. The second-order valence-corrected chi connectivity index (χ2v) is 4.16. The molecule has 2 rings (SSSR count). The van der Waals surface area contributed by atoms with Gasteiger partial charge in [-0.05, 0) is 36.8 Å². The first-order valence-corrected chi connectivity index (χ1v) is 5.29. The maximum Gasteiger partial charge on any atom is 0.0198 e. The standard InChI is InChI=1S/C13H17N/c1-10(14)2-3-11-4-6-12(7-5-11)13-8-9-13/h2-7,10,13H,8-9,14H2,1H3/b3-2+. The van der Waals surface area contributed by atoms with Gasteiger partial charge < -0.3 is 5.73 Å². The van der Waals surface area contributed by atoms with E-state index < -0.39 is 0 Å². The van der Waals surface area contributed by atoms with Crippen LogP contribution in [0.15, 0.2) is 30.3 Å². The molecule has 0 heterocycles. The molecule has 0 saturated heterocycles. The van der Waals surface area contributed by atoms with Crippen molar-refractivity contribution in [1.82, 2.24) is 0 Å². The van der Waals surface area contributed by atoms with Crippen LogP contribution in [0, 0.1) is 0 Å². The van der Waals surface area contributed by atoms with Gasteiger partial charge in [0.25, 0.3) is 0 Å². The Morgan fingerprint density at radius 2 is 1.93 bits per heavy atom. The lowest BCUT2D eigenvalue weighted by Gasteiger charge is -1.99. The normalized spacial score (nSPS) is 18.7. The van der Waals surface area contributed by atoms with E-state index in [9.17, 15) is 0 Å². The van der Waals surface area contributed by atoms with Crippen LogP contribution in [-0.4, -0.2) is 6.04 Å². The Bertz CT molecular complexity index is 318. The van der Waals surface area contributed by atoms with Crippen molar-refractivity contribution in [2.75, 3.05) is 0 Å². The minimum absolute atomic E-state index is 0.137.